The monoisotopic (exact) mass is 223 g/mol. The number of hydrogen-bond acceptors (Lipinski definition) is 5. The van der Waals surface area contributed by atoms with Gasteiger partial charge in [0.05, 0.1) is 7.11 Å². The normalized spacial score (nSPS) is 12.5. The van der Waals surface area contributed by atoms with E-state index in [1.54, 1.807) is 12.4 Å². The molecule has 5 heteroatoms. The molecule has 16 heavy (non-hydrogen) atoms. The summed E-state index contributed by atoms with van der Waals surface area (Å²) >= 11 is 0. The molecule has 5 nitrogen and oxygen atoms in total. The molecule has 1 atom stereocenters. The average molecular weight is 223 g/mol. The van der Waals surface area contributed by atoms with Crippen LogP contribution >= 0.6 is 0 Å². The molecular formula is C11H17N3O2. The fourth-order valence-electron chi connectivity index (χ4n) is 1.37. The minimum Gasteiger partial charge on any atom is -0.468 e. The van der Waals surface area contributed by atoms with Gasteiger partial charge in [0, 0.05) is 24.5 Å². The lowest BCUT2D eigenvalue weighted by Gasteiger charge is -2.19. The van der Waals surface area contributed by atoms with Gasteiger partial charge < -0.3 is 4.74 Å². The van der Waals surface area contributed by atoms with Crippen molar-refractivity contribution in [1.29, 1.82) is 0 Å². The van der Waals surface area contributed by atoms with Crippen LogP contribution in [0.3, 0.4) is 0 Å². The van der Waals surface area contributed by atoms with Gasteiger partial charge in [-0.05, 0) is 5.92 Å². The molecule has 1 rings (SSSR count). The van der Waals surface area contributed by atoms with E-state index < -0.39 is 0 Å². The summed E-state index contributed by atoms with van der Waals surface area (Å²) in [4.78, 5) is 19.3. The van der Waals surface area contributed by atoms with Gasteiger partial charge in [0.1, 0.15) is 12.4 Å². The quantitative estimate of drug-likeness (QED) is 0.747. The summed E-state index contributed by atoms with van der Waals surface area (Å²) in [5.41, 5.74) is 0.942. The maximum atomic E-state index is 11.5. The number of nitrogens with zero attached hydrogens (tertiary/aromatic N) is 2. The zero-order valence-electron chi connectivity index (χ0n) is 9.80. The third-order valence-electron chi connectivity index (χ3n) is 2.26. The summed E-state index contributed by atoms with van der Waals surface area (Å²) in [6.45, 7) is 4.49. The number of ether oxygens (including phenoxy) is 1. The van der Waals surface area contributed by atoms with Gasteiger partial charge in [-0.15, -0.1) is 0 Å². The van der Waals surface area contributed by atoms with Gasteiger partial charge in [0.2, 0.25) is 0 Å². The minimum atomic E-state index is -0.301. The third kappa shape index (κ3) is 3.58. The van der Waals surface area contributed by atoms with Gasteiger partial charge in [-0.3, -0.25) is 10.1 Å². The van der Waals surface area contributed by atoms with Crippen molar-refractivity contribution >= 4 is 5.97 Å². The summed E-state index contributed by atoms with van der Waals surface area (Å²) in [6.07, 6.45) is 4.91. The molecule has 0 aliphatic rings. The lowest BCUT2D eigenvalue weighted by molar-refractivity contribution is -0.144. The molecule has 0 aliphatic carbocycles. The molecule has 0 amide bonds. The molecule has 1 N–H and O–H groups in total. The summed E-state index contributed by atoms with van der Waals surface area (Å²) in [5, 5.41) is 3.13. The number of carbonyl (C=O) groups is 1. The highest BCUT2D eigenvalue weighted by Crippen LogP contribution is 2.05. The zero-order valence-corrected chi connectivity index (χ0v) is 9.80. The highest BCUT2D eigenvalue weighted by atomic mass is 16.5. The lowest BCUT2D eigenvalue weighted by atomic mass is 10.0. The Hall–Kier alpha value is -1.49. The zero-order chi connectivity index (χ0) is 12.0. The van der Waals surface area contributed by atoms with Crippen LogP contribution in [0.4, 0.5) is 0 Å². The van der Waals surface area contributed by atoms with Crippen LogP contribution < -0.4 is 5.32 Å². The molecule has 0 saturated heterocycles. The lowest BCUT2D eigenvalue weighted by Crippen LogP contribution is -2.41. The van der Waals surface area contributed by atoms with Crippen LogP contribution in [0.5, 0.6) is 0 Å². The highest BCUT2D eigenvalue weighted by molar-refractivity contribution is 5.75. The van der Waals surface area contributed by atoms with E-state index in [0.29, 0.717) is 6.54 Å². The number of esters is 1. The van der Waals surface area contributed by atoms with Crippen molar-refractivity contribution < 1.29 is 9.53 Å². The molecule has 1 unspecified atom stereocenters. The van der Waals surface area contributed by atoms with Crippen LogP contribution in [0.1, 0.15) is 19.4 Å². The maximum Gasteiger partial charge on any atom is 0.323 e. The Morgan fingerprint density at radius 3 is 2.56 bits per heavy atom. The molecule has 1 heterocycles. The second-order valence-electron chi connectivity index (χ2n) is 3.87. The van der Waals surface area contributed by atoms with Crippen molar-refractivity contribution in [2.75, 3.05) is 7.11 Å². The average Bonchev–Trinajstić information content (AvgIpc) is 2.30. The number of carbonyl (C=O) groups excluding carboxylic acids is 1. The maximum absolute atomic E-state index is 11.5. The van der Waals surface area contributed by atoms with E-state index in [2.05, 4.69) is 15.3 Å². The first-order valence-electron chi connectivity index (χ1n) is 5.20. The van der Waals surface area contributed by atoms with Crippen molar-refractivity contribution in [3.05, 3.63) is 24.3 Å². The van der Waals surface area contributed by atoms with Crippen LogP contribution in [0.2, 0.25) is 0 Å². The van der Waals surface area contributed by atoms with Crippen LogP contribution in [0.15, 0.2) is 18.7 Å². The Bertz CT molecular complexity index is 327. The Balaban J connectivity index is 2.54. The number of aromatic nitrogens is 2. The van der Waals surface area contributed by atoms with Crippen molar-refractivity contribution in [3.63, 3.8) is 0 Å². The van der Waals surface area contributed by atoms with E-state index in [0.717, 1.165) is 5.56 Å². The van der Waals surface area contributed by atoms with Crippen molar-refractivity contribution in [3.8, 4) is 0 Å². The summed E-state index contributed by atoms with van der Waals surface area (Å²) in [5.74, 6) is -0.0658. The first kappa shape index (κ1) is 12.6. The Morgan fingerprint density at radius 1 is 1.44 bits per heavy atom. The molecule has 0 bridgehead atoms. The van der Waals surface area contributed by atoms with Crippen molar-refractivity contribution in [2.45, 2.75) is 26.4 Å². The van der Waals surface area contributed by atoms with Gasteiger partial charge in [-0.25, -0.2) is 9.97 Å². The topological polar surface area (TPSA) is 64.1 Å². The Morgan fingerprint density at radius 2 is 2.06 bits per heavy atom. The van der Waals surface area contributed by atoms with Gasteiger partial charge in [-0.1, -0.05) is 13.8 Å². The van der Waals surface area contributed by atoms with E-state index in [4.69, 9.17) is 4.74 Å². The van der Waals surface area contributed by atoms with E-state index in [1.165, 1.54) is 13.4 Å². The van der Waals surface area contributed by atoms with Crippen LogP contribution in [-0.2, 0) is 16.1 Å². The standard InChI is InChI=1S/C11H17N3O2/c1-8(2)10(11(15)16-3)14-6-9-4-12-7-13-5-9/h4-5,7-8,10,14H,6H2,1-3H3. The summed E-state index contributed by atoms with van der Waals surface area (Å²) < 4.78 is 4.73. The minimum absolute atomic E-state index is 0.178. The SMILES string of the molecule is COC(=O)C(NCc1cncnc1)C(C)C. The third-order valence-corrected chi connectivity index (χ3v) is 2.26. The molecule has 0 spiro atoms. The van der Waals surface area contributed by atoms with Gasteiger partial charge in [-0.2, -0.15) is 0 Å². The van der Waals surface area contributed by atoms with Crippen LogP contribution in [0, 0.1) is 5.92 Å². The molecule has 0 fully saturated rings. The highest BCUT2D eigenvalue weighted by Gasteiger charge is 2.21. The predicted molar refractivity (Wildman–Crippen MR) is 59.5 cm³/mol. The first-order valence-corrected chi connectivity index (χ1v) is 5.20. The largest absolute Gasteiger partial charge is 0.468 e. The van der Waals surface area contributed by atoms with E-state index in [1.807, 2.05) is 13.8 Å². The van der Waals surface area contributed by atoms with Crippen LogP contribution in [-0.4, -0.2) is 29.1 Å². The van der Waals surface area contributed by atoms with E-state index >= 15 is 0 Å². The predicted octanol–water partition coefficient (Wildman–Crippen LogP) is 0.764. The number of hydrogen-bond donors (Lipinski definition) is 1. The van der Waals surface area contributed by atoms with Gasteiger partial charge in [0.25, 0.3) is 0 Å². The molecule has 0 saturated carbocycles. The smallest absolute Gasteiger partial charge is 0.323 e. The van der Waals surface area contributed by atoms with Gasteiger partial charge >= 0.3 is 5.97 Å². The molecule has 0 aliphatic heterocycles. The fourth-order valence-corrected chi connectivity index (χ4v) is 1.37. The van der Waals surface area contributed by atoms with Gasteiger partial charge in [0.15, 0.2) is 0 Å². The van der Waals surface area contributed by atoms with E-state index in [9.17, 15) is 4.79 Å². The second-order valence-corrected chi connectivity index (χ2v) is 3.87. The first-order chi connectivity index (χ1) is 7.65. The Kier molecular flexibility index (Phi) is 4.85. The molecule has 1 aromatic rings. The van der Waals surface area contributed by atoms with E-state index in [-0.39, 0.29) is 17.9 Å². The summed E-state index contributed by atoms with van der Waals surface area (Å²) in [7, 11) is 1.39. The molecule has 0 aromatic carbocycles. The number of rotatable bonds is 5. The summed E-state index contributed by atoms with van der Waals surface area (Å²) in [6, 6.07) is -0.301. The molecule has 0 radical (unpaired) electrons. The van der Waals surface area contributed by atoms with Crippen molar-refractivity contribution in [2.24, 2.45) is 5.92 Å². The van der Waals surface area contributed by atoms with Crippen LogP contribution in [0.25, 0.3) is 0 Å². The Labute approximate surface area is 95.3 Å². The molecule has 1 aromatic heterocycles. The fraction of sp³-hybridized carbons (Fsp3) is 0.545. The number of nitrogens with one attached hydrogen (secondary N) is 1. The second kappa shape index (κ2) is 6.17. The molecule has 88 valence electrons. The number of methoxy groups -OCH3 is 1. The van der Waals surface area contributed by atoms with Crippen molar-refractivity contribution in [1.82, 2.24) is 15.3 Å². The molecular weight excluding hydrogens is 206 g/mol.